The van der Waals surface area contributed by atoms with Crippen molar-refractivity contribution in [3.8, 4) is 0 Å². The first kappa shape index (κ1) is 14.5. The van der Waals surface area contributed by atoms with Crippen LogP contribution in [0.4, 0.5) is 0 Å². The zero-order chi connectivity index (χ0) is 14.2. The van der Waals surface area contributed by atoms with Crippen molar-refractivity contribution in [3.05, 3.63) is 0 Å². The smallest absolute Gasteiger partial charge is 0.308 e. The fourth-order valence-electron chi connectivity index (χ4n) is 3.43. The van der Waals surface area contributed by atoms with Crippen LogP contribution in [0.15, 0.2) is 0 Å². The molecule has 1 amide bonds. The molecule has 2 fully saturated rings. The lowest BCUT2D eigenvalue weighted by Crippen LogP contribution is -2.57. The van der Waals surface area contributed by atoms with Crippen LogP contribution in [-0.2, 0) is 20.4 Å². The van der Waals surface area contributed by atoms with E-state index in [1.165, 1.54) is 0 Å². The third-order valence-electron chi connectivity index (χ3n) is 4.39. The zero-order valence-corrected chi connectivity index (χ0v) is 12.2. The van der Waals surface area contributed by atoms with Gasteiger partial charge in [0.2, 0.25) is 5.91 Å². The number of carbonyl (C=O) groups excluding carboxylic acids is 1. The Labute approximate surface area is 115 Å². The van der Waals surface area contributed by atoms with Crippen molar-refractivity contribution >= 4 is 22.7 Å². The third kappa shape index (κ3) is 2.83. The number of rotatable bonds is 2. The fourth-order valence-corrected chi connectivity index (χ4v) is 4.70. The van der Waals surface area contributed by atoms with Crippen LogP contribution in [0.25, 0.3) is 0 Å². The normalized spacial score (nSPS) is 40.2. The molecule has 2 saturated heterocycles. The number of carboxylic acid groups (broad SMARTS) is 1. The first-order valence-corrected chi connectivity index (χ1v) is 8.29. The topological polar surface area (TPSA) is 74.7 Å². The molecule has 108 valence electrons. The minimum Gasteiger partial charge on any atom is -0.481 e. The van der Waals surface area contributed by atoms with E-state index in [4.69, 9.17) is 0 Å². The Morgan fingerprint density at radius 1 is 1.32 bits per heavy atom. The molecule has 19 heavy (non-hydrogen) atoms. The summed E-state index contributed by atoms with van der Waals surface area (Å²) in [6, 6.07) is -0.208. The van der Waals surface area contributed by atoms with Crippen LogP contribution in [-0.4, -0.2) is 49.7 Å². The molecule has 2 aliphatic rings. The van der Waals surface area contributed by atoms with Gasteiger partial charge in [-0.05, 0) is 25.7 Å². The predicted octanol–water partition coefficient (Wildman–Crippen LogP) is 0.855. The van der Waals surface area contributed by atoms with Gasteiger partial charge in [-0.2, -0.15) is 0 Å². The van der Waals surface area contributed by atoms with Gasteiger partial charge in [-0.1, -0.05) is 6.92 Å². The highest BCUT2D eigenvalue weighted by Gasteiger charge is 2.44. The number of carboxylic acids is 1. The molecule has 0 spiro atoms. The number of hydrogen-bond acceptors (Lipinski definition) is 3. The largest absolute Gasteiger partial charge is 0.481 e. The number of hydrogen-bond donors (Lipinski definition) is 1. The fraction of sp³-hybridized carbons (Fsp3) is 0.846. The molecule has 0 bridgehead atoms. The average molecular weight is 287 g/mol. The second kappa shape index (κ2) is 5.61. The number of likely N-dealkylation sites (tertiary alicyclic amines) is 1. The van der Waals surface area contributed by atoms with Crippen molar-refractivity contribution in [3.63, 3.8) is 0 Å². The third-order valence-corrected chi connectivity index (χ3v) is 5.77. The van der Waals surface area contributed by atoms with Crippen LogP contribution in [0, 0.1) is 11.8 Å². The van der Waals surface area contributed by atoms with Crippen molar-refractivity contribution in [1.29, 1.82) is 0 Å². The Balaban J connectivity index is 2.16. The van der Waals surface area contributed by atoms with Gasteiger partial charge in [0.1, 0.15) is 0 Å². The molecule has 0 radical (unpaired) electrons. The maximum atomic E-state index is 12.2. The number of carbonyl (C=O) groups is 2. The molecule has 0 aromatic rings. The molecule has 0 aromatic heterocycles. The van der Waals surface area contributed by atoms with E-state index in [1.807, 2.05) is 13.8 Å². The maximum absolute atomic E-state index is 12.2. The van der Waals surface area contributed by atoms with Crippen molar-refractivity contribution in [2.75, 3.05) is 11.5 Å². The number of aliphatic carboxylic acids is 1. The first-order chi connectivity index (χ1) is 8.91. The number of piperidine rings is 1. The molecule has 0 aromatic carbocycles. The molecule has 6 heteroatoms. The van der Waals surface area contributed by atoms with Crippen LogP contribution >= 0.6 is 0 Å². The standard InChI is InChI=1S/C13H21NO4S/c1-8-7-11(15)14(9(2)12(8)13(16)17)10-3-5-19(18)6-4-10/h8-10,12H,3-7H2,1-2H3,(H,16,17). The van der Waals surface area contributed by atoms with Gasteiger partial charge >= 0.3 is 5.97 Å². The molecule has 3 atom stereocenters. The summed E-state index contributed by atoms with van der Waals surface area (Å²) in [5.41, 5.74) is 0. The summed E-state index contributed by atoms with van der Waals surface area (Å²) >= 11 is 0. The summed E-state index contributed by atoms with van der Waals surface area (Å²) in [4.78, 5) is 25.4. The van der Waals surface area contributed by atoms with E-state index in [0.29, 0.717) is 17.9 Å². The second-order valence-electron chi connectivity index (χ2n) is 5.67. The van der Waals surface area contributed by atoms with Gasteiger partial charge in [-0.15, -0.1) is 0 Å². The minimum atomic E-state index is -0.822. The van der Waals surface area contributed by atoms with Gasteiger partial charge in [-0.3, -0.25) is 13.8 Å². The maximum Gasteiger partial charge on any atom is 0.308 e. The van der Waals surface area contributed by atoms with E-state index in [-0.39, 0.29) is 23.9 Å². The van der Waals surface area contributed by atoms with Gasteiger partial charge in [-0.25, -0.2) is 0 Å². The summed E-state index contributed by atoms with van der Waals surface area (Å²) in [6.45, 7) is 3.67. The molecule has 0 aliphatic carbocycles. The lowest BCUT2D eigenvalue weighted by Gasteiger charge is -2.45. The monoisotopic (exact) mass is 287 g/mol. The van der Waals surface area contributed by atoms with Crippen LogP contribution in [0.5, 0.6) is 0 Å². The molecule has 2 rings (SSSR count). The molecule has 0 saturated carbocycles. The zero-order valence-electron chi connectivity index (χ0n) is 11.4. The lowest BCUT2D eigenvalue weighted by atomic mass is 9.80. The molecule has 1 N–H and O–H groups in total. The Morgan fingerprint density at radius 2 is 1.89 bits per heavy atom. The lowest BCUT2D eigenvalue weighted by molar-refractivity contribution is -0.157. The van der Waals surface area contributed by atoms with E-state index in [1.54, 1.807) is 4.90 Å². The molecule has 2 heterocycles. The highest BCUT2D eigenvalue weighted by atomic mass is 32.2. The van der Waals surface area contributed by atoms with Gasteiger partial charge < -0.3 is 10.0 Å². The molecule has 3 unspecified atom stereocenters. The Bertz CT molecular complexity index is 401. The SMILES string of the molecule is CC1CC(=O)N(C2CCS(=O)CC2)C(C)C1C(=O)O. The quantitative estimate of drug-likeness (QED) is 0.817. The Hall–Kier alpha value is -0.910. The van der Waals surface area contributed by atoms with Crippen LogP contribution in [0.3, 0.4) is 0 Å². The number of amides is 1. The van der Waals surface area contributed by atoms with Gasteiger partial charge in [0.25, 0.3) is 0 Å². The molecular weight excluding hydrogens is 266 g/mol. The van der Waals surface area contributed by atoms with Gasteiger partial charge in [0.15, 0.2) is 0 Å². The van der Waals surface area contributed by atoms with E-state index in [0.717, 1.165) is 12.8 Å². The highest BCUT2D eigenvalue weighted by Crippen LogP contribution is 2.33. The van der Waals surface area contributed by atoms with E-state index < -0.39 is 22.7 Å². The summed E-state index contributed by atoms with van der Waals surface area (Å²) in [5, 5.41) is 9.34. The van der Waals surface area contributed by atoms with Crippen molar-refractivity contribution in [1.82, 2.24) is 4.90 Å². The van der Waals surface area contributed by atoms with E-state index in [9.17, 15) is 18.9 Å². The summed E-state index contributed by atoms with van der Waals surface area (Å²) < 4.78 is 11.4. The van der Waals surface area contributed by atoms with E-state index >= 15 is 0 Å². The Kier molecular flexibility index (Phi) is 4.28. The summed E-state index contributed by atoms with van der Waals surface area (Å²) in [7, 11) is -0.767. The highest BCUT2D eigenvalue weighted by molar-refractivity contribution is 7.85. The van der Waals surface area contributed by atoms with Crippen LogP contribution in [0.2, 0.25) is 0 Å². The second-order valence-corrected chi connectivity index (χ2v) is 7.36. The molecule has 2 aliphatic heterocycles. The van der Waals surface area contributed by atoms with E-state index in [2.05, 4.69) is 0 Å². The molecular formula is C13H21NO4S. The van der Waals surface area contributed by atoms with Crippen molar-refractivity contribution in [2.45, 2.75) is 45.2 Å². The van der Waals surface area contributed by atoms with Gasteiger partial charge in [0.05, 0.1) is 5.92 Å². The Morgan fingerprint density at radius 3 is 2.42 bits per heavy atom. The van der Waals surface area contributed by atoms with Crippen molar-refractivity contribution in [2.24, 2.45) is 11.8 Å². The molecule has 5 nitrogen and oxygen atoms in total. The summed E-state index contributed by atoms with van der Waals surface area (Å²) in [6.07, 6.45) is 1.76. The van der Waals surface area contributed by atoms with Gasteiger partial charge in [0, 0.05) is 40.8 Å². The van der Waals surface area contributed by atoms with Crippen LogP contribution < -0.4 is 0 Å². The summed E-state index contributed by atoms with van der Waals surface area (Å²) in [5.74, 6) is -0.144. The van der Waals surface area contributed by atoms with Crippen LogP contribution in [0.1, 0.15) is 33.1 Å². The number of nitrogens with zero attached hydrogens (tertiary/aromatic N) is 1. The van der Waals surface area contributed by atoms with Crippen molar-refractivity contribution < 1.29 is 18.9 Å². The predicted molar refractivity (Wildman–Crippen MR) is 72.1 cm³/mol. The minimum absolute atomic E-state index is 0.0511. The average Bonchev–Trinajstić information content (AvgIpc) is 2.30. The first-order valence-electron chi connectivity index (χ1n) is 6.80.